The van der Waals surface area contributed by atoms with Crippen LogP contribution in [0.5, 0.6) is 0 Å². The van der Waals surface area contributed by atoms with E-state index in [1.165, 1.54) is 32.1 Å². The highest BCUT2D eigenvalue weighted by Gasteiger charge is 2.15. The van der Waals surface area contributed by atoms with Crippen LogP contribution in [0, 0.1) is 5.92 Å². The molecule has 0 aliphatic heterocycles. The molecule has 0 bridgehead atoms. The van der Waals surface area contributed by atoms with E-state index < -0.39 is 0 Å². The van der Waals surface area contributed by atoms with Crippen LogP contribution < -0.4 is 5.32 Å². The first kappa shape index (κ1) is 10.2. The van der Waals surface area contributed by atoms with Crippen LogP contribution in [0.2, 0.25) is 0 Å². The summed E-state index contributed by atoms with van der Waals surface area (Å²) in [6.07, 6.45) is 8.13. The van der Waals surface area contributed by atoms with Crippen LogP contribution >= 0.6 is 0 Å². The quantitative estimate of drug-likeness (QED) is 0.792. The summed E-state index contributed by atoms with van der Waals surface area (Å²) in [7, 11) is 0. The number of carbonyl (C=O) groups is 1. The van der Waals surface area contributed by atoms with E-state index >= 15 is 0 Å². The molecule has 0 unspecified atom stereocenters. The molecule has 4 heteroatoms. The van der Waals surface area contributed by atoms with E-state index in [-0.39, 0.29) is 5.91 Å². The number of aromatic amines is 1. The maximum absolute atomic E-state index is 11.6. The number of H-pyrrole nitrogens is 1. The highest BCUT2D eigenvalue weighted by atomic mass is 16.1. The monoisotopic (exact) mass is 207 g/mol. The molecular formula is C11H17N3O. The van der Waals surface area contributed by atoms with Gasteiger partial charge in [0.1, 0.15) is 5.69 Å². The Hall–Kier alpha value is -1.32. The molecule has 15 heavy (non-hydrogen) atoms. The first-order valence-electron chi connectivity index (χ1n) is 5.64. The molecule has 1 aromatic rings. The zero-order valence-electron chi connectivity index (χ0n) is 8.83. The van der Waals surface area contributed by atoms with Crippen LogP contribution in [-0.4, -0.2) is 22.6 Å². The van der Waals surface area contributed by atoms with Crippen molar-refractivity contribution in [1.82, 2.24) is 15.5 Å². The zero-order valence-corrected chi connectivity index (χ0v) is 8.83. The number of hydrogen-bond acceptors (Lipinski definition) is 2. The van der Waals surface area contributed by atoms with E-state index in [9.17, 15) is 4.79 Å². The van der Waals surface area contributed by atoms with Crippen molar-refractivity contribution in [2.75, 3.05) is 6.54 Å². The lowest BCUT2D eigenvalue weighted by molar-refractivity contribution is 0.0938. The second kappa shape index (κ2) is 4.96. The number of nitrogens with zero attached hydrogens (tertiary/aromatic N) is 1. The van der Waals surface area contributed by atoms with Gasteiger partial charge in [0.2, 0.25) is 0 Å². The summed E-state index contributed by atoms with van der Waals surface area (Å²) in [6, 6.07) is 1.69. The third kappa shape index (κ3) is 2.81. The Morgan fingerprint density at radius 1 is 1.47 bits per heavy atom. The molecule has 1 amide bonds. The van der Waals surface area contributed by atoms with Crippen molar-refractivity contribution >= 4 is 5.91 Å². The van der Waals surface area contributed by atoms with Crippen molar-refractivity contribution in [3.63, 3.8) is 0 Å². The fraction of sp³-hybridized carbons (Fsp3) is 0.636. The Morgan fingerprint density at radius 3 is 2.93 bits per heavy atom. The molecule has 0 saturated heterocycles. The van der Waals surface area contributed by atoms with Crippen molar-refractivity contribution < 1.29 is 4.79 Å². The number of hydrogen-bond donors (Lipinski definition) is 2. The van der Waals surface area contributed by atoms with Crippen LogP contribution in [0.15, 0.2) is 12.3 Å². The lowest BCUT2D eigenvalue weighted by Crippen LogP contribution is -2.30. The standard InChI is InChI=1S/C11H17N3O/c15-11(10-6-7-13-14-10)12-8-9-4-2-1-3-5-9/h6-7,9H,1-5,8H2,(H,12,15)(H,13,14). The van der Waals surface area contributed by atoms with E-state index in [1.807, 2.05) is 0 Å². The van der Waals surface area contributed by atoms with Crippen LogP contribution in [0.3, 0.4) is 0 Å². The Labute approximate surface area is 89.5 Å². The van der Waals surface area contributed by atoms with Crippen LogP contribution in [0.4, 0.5) is 0 Å². The van der Waals surface area contributed by atoms with Crippen molar-refractivity contribution in [3.8, 4) is 0 Å². The van der Waals surface area contributed by atoms with E-state index in [0.717, 1.165) is 6.54 Å². The summed E-state index contributed by atoms with van der Waals surface area (Å²) in [5.74, 6) is 0.600. The number of nitrogens with one attached hydrogen (secondary N) is 2. The normalized spacial score (nSPS) is 17.6. The van der Waals surface area contributed by atoms with Crippen molar-refractivity contribution in [2.45, 2.75) is 32.1 Å². The van der Waals surface area contributed by atoms with Gasteiger partial charge >= 0.3 is 0 Å². The van der Waals surface area contributed by atoms with Gasteiger partial charge < -0.3 is 5.32 Å². The maximum Gasteiger partial charge on any atom is 0.271 e. The number of amides is 1. The minimum atomic E-state index is -0.0678. The van der Waals surface area contributed by atoms with Gasteiger partial charge in [0.15, 0.2) is 0 Å². The lowest BCUT2D eigenvalue weighted by Gasteiger charge is -2.21. The number of carbonyl (C=O) groups excluding carboxylic acids is 1. The summed E-state index contributed by atoms with van der Waals surface area (Å²) in [4.78, 5) is 11.6. The van der Waals surface area contributed by atoms with E-state index in [0.29, 0.717) is 11.6 Å². The molecule has 1 heterocycles. The lowest BCUT2D eigenvalue weighted by atomic mass is 9.89. The van der Waals surface area contributed by atoms with Gasteiger partial charge in [-0.15, -0.1) is 0 Å². The van der Waals surface area contributed by atoms with E-state index in [2.05, 4.69) is 15.5 Å². The largest absolute Gasteiger partial charge is 0.350 e. The molecule has 0 radical (unpaired) electrons. The minimum absolute atomic E-state index is 0.0678. The summed E-state index contributed by atoms with van der Waals surface area (Å²) in [6.45, 7) is 0.797. The molecule has 0 spiro atoms. The maximum atomic E-state index is 11.6. The molecule has 1 aromatic heterocycles. The highest BCUT2D eigenvalue weighted by molar-refractivity contribution is 5.92. The van der Waals surface area contributed by atoms with Gasteiger partial charge in [-0.3, -0.25) is 9.89 Å². The van der Waals surface area contributed by atoms with Gasteiger partial charge in [0.25, 0.3) is 5.91 Å². The fourth-order valence-corrected chi connectivity index (χ4v) is 2.11. The molecule has 0 aromatic carbocycles. The Balaban J connectivity index is 1.75. The summed E-state index contributed by atoms with van der Waals surface area (Å²) >= 11 is 0. The minimum Gasteiger partial charge on any atom is -0.350 e. The Kier molecular flexibility index (Phi) is 3.37. The summed E-state index contributed by atoms with van der Waals surface area (Å²) in [5, 5.41) is 9.41. The van der Waals surface area contributed by atoms with Gasteiger partial charge in [-0.1, -0.05) is 19.3 Å². The first-order chi connectivity index (χ1) is 7.36. The average Bonchev–Trinajstić information content (AvgIpc) is 2.81. The van der Waals surface area contributed by atoms with Gasteiger partial charge in [-0.05, 0) is 24.8 Å². The predicted octanol–water partition coefficient (Wildman–Crippen LogP) is 1.72. The van der Waals surface area contributed by atoms with Crippen LogP contribution in [0.1, 0.15) is 42.6 Å². The predicted molar refractivity (Wildman–Crippen MR) is 57.5 cm³/mol. The fourth-order valence-electron chi connectivity index (χ4n) is 2.11. The second-order valence-electron chi connectivity index (χ2n) is 4.17. The van der Waals surface area contributed by atoms with Gasteiger partial charge in [0.05, 0.1) is 0 Å². The van der Waals surface area contributed by atoms with Gasteiger partial charge in [-0.2, -0.15) is 5.10 Å². The van der Waals surface area contributed by atoms with Gasteiger partial charge in [-0.25, -0.2) is 0 Å². The summed E-state index contributed by atoms with van der Waals surface area (Å²) < 4.78 is 0. The number of aromatic nitrogens is 2. The Morgan fingerprint density at radius 2 is 2.27 bits per heavy atom. The average molecular weight is 207 g/mol. The van der Waals surface area contributed by atoms with Crippen LogP contribution in [-0.2, 0) is 0 Å². The molecule has 1 aliphatic rings. The molecule has 2 rings (SSSR count). The van der Waals surface area contributed by atoms with E-state index in [4.69, 9.17) is 0 Å². The molecular weight excluding hydrogens is 190 g/mol. The van der Waals surface area contributed by atoms with Crippen molar-refractivity contribution in [3.05, 3.63) is 18.0 Å². The van der Waals surface area contributed by atoms with Gasteiger partial charge in [0, 0.05) is 12.7 Å². The number of rotatable bonds is 3. The first-order valence-corrected chi connectivity index (χ1v) is 5.64. The molecule has 2 N–H and O–H groups in total. The van der Waals surface area contributed by atoms with Crippen molar-refractivity contribution in [1.29, 1.82) is 0 Å². The molecule has 1 saturated carbocycles. The highest BCUT2D eigenvalue weighted by Crippen LogP contribution is 2.22. The van der Waals surface area contributed by atoms with Crippen LogP contribution in [0.25, 0.3) is 0 Å². The molecule has 0 atom stereocenters. The molecule has 82 valence electrons. The van der Waals surface area contributed by atoms with Crippen molar-refractivity contribution in [2.24, 2.45) is 5.92 Å². The van der Waals surface area contributed by atoms with E-state index in [1.54, 1.807) is 12.3 Å². The summed E-state index contributed by atoms with van der Waals surface area (Å²) in [5.41, 5.74) is 0.478. The molecule has 1 aliphatic carbocycles. The second-order valence-corrected chi connectivity index (χ2v) is 4.17. The SMILES string of the molecule is O=C(NCC1CCCCC1)c1cc[nH]n1. The third-order valence-electron chi connectivity index (χ3n) is 3.01. The molecule has 4 nitrogen and oxygen atoms in total. The topological polar surface area (TPSA) is 57.8 Å². The zero-order chi connectivity index (χ0) is 10.5. The Bertz CT molecular complexity index is 302. The molecule has 1 fully saturated rings. The third-order valence-corrected chi connectivity index (χ3v) is 3.01. The smallest absolute Gasteiger partial charge is 0.271 e.